The van der Waals surface area contributed by atoms with Crippen LogP contribution >= 0.6 is 0 Å². The molecule has 0 fully saturated rings. The van der Waals surface area contributed by atoms with Crippen molar-refractivity contribution in [1.29, 1.82) is 0 Å². The predicted molar refractivity (Wildman–Crippen MR) is 139 cm³/mol. The number of nitrogens with one attached hydrogen (secondary N) is 1. The molecule has 1 unspecified atom stereocenters. The standard InChI is InChI=1S/C28H37N3O4/c1-5-24-23(18-30-26-19-29-13-8-25(26)28(32)33)12-17-35-27(24)9-14-31(4)21(3)7-6-20(2)22-10-15-34-16-11-22/h6-10,13-14,19,21,23,30H,2,5,11-12,15-18H2,1,3-4H3,(H,32,33)/b7-6-,14-9+/t21?,23-/m0/s1. The molecular formula is C28H37N3O4. The number of aromatic carboxylic acids is 1. The van der Waals surface area contributed by atoms with Crippen molar-refractivity contribution < 1.29 is 19.4 Å². The van der Waals surface area contributed by atoms with E-state index in [2.05, 4.69) is 60.1 Å². The van der Waals surface area contributed by atoms with E-state index in [9.17, 15) is 9.90 Å². The highest BCUT2D eigenvalue weighted by Gasteiger charge is 2.23. The molecule has 2 N–H and O–H groups in total. The molecule has 0 aromatic carbocycles. The summed E-state index contributed by atoms with van der Waals surface area (Å²) in [6, 6.07) is 1.70. The predicted octanol–water partition coefficient (Wildman–Crippen LogP) is 5.19. The fourth-order valence-electron chi connectivity index (χ4n) is 4.22. The Morgan fingerprint density at radius 3 is 2.97 bits per heavy atom. The lowest BCUT2D eigenvalue weighted by molar-refractivity contribution is 0.0697. The van der Waals surface area contributed by atoms with Crippen LogP contribution in [0.4, 0.5) is 5.69 Å². The van der Waals surface area contributed by atoms with Crippen molar-refractivity contribution in [2.45, 2.75) is 39.2 Å². The zero-order chi connectivity index (χ0) is 25.2. The van der Waals surface area contributed by atoms with E-state index in [-0.39, 0.29) is 17.5 Å². The summed E-state index contributed by atoms with van der Waals surface area (Å²) in [4.78, 5) is 17.7. The van der Waals surface area contributed by atoms with Gasteiger partial charge in [-0.05, 0) is 55.0 Å². The van der Waals surface area contributed by atoms with Crippen molar-refractivity contribution in [1.82, 2.24) is 9.88 Å². The molecule has 3 rings (SSSR count). The van der Waals surface area contributed by atoms with Crippen molar-refractivity contribution in [3.63, 3.8) is 0 Å². The van der Waals surface area contributed by atoms with Crippen molar-refractivity contribution in [3.05, 3.63) is 83.6 Å². The third kappa shape index (κ3) is 7.33. The topological polar surface area (TPSA) is 83.9 Å². The van der Waals surface area contributed by atoms with E-state index in [0.717, 1.165) is 37.2 Å². The Labute approximate surface area is 208 Å². The van der Waals surface area contributed by atoms with Crippen LogP contribution in [0.15, 0.2) is 78.0 Å². The second kappa shape index (κ2) is 13.0. The molecule has 0 saturated heterocycles. The molecule has 0 bridgehead atoms. The van der Waals surface area contributed by atoms with Gasteiger partial charge in [-0.15, -0.1) is 0 Å². The number of ether oxygens (including phenoxy) is 2. The molecule has 2 atom stereocenters. The van der Waals surface area contributed by atoms with Gasteiger partial charge in [-0.25, -0.2) is 4.79 Å². The van der Waals surface area contributed by atoms with E-state index in [1.54, 1.807) is 6.20 Å². The zero-order valence-electron chi connectivity index (χ0n) is 21.0. The van der Waals surface area contributed by atoms with Crippen LogP contribution in [0.3, 0.4) is 0 Å². The maximum Gasteiger partial charge on any atom is 0.337 e. The normalized spacial score (nSPS) is 19.4. The first-order chi connectivity index (χ1) is 16.9. The fraction of sp³-hybridized carbons (Fsp3) is 0.429. The number of nitrogens with zero attached hydrogens (tertiary/aromatic N) is 2. The highest BCUT2D eigenvalue weighted by Crippen LogP contribution is 2.30. The molecule has 0 amide bonds. The molecule has 7 heteroatoms. The van der Waals surface area contributed by atoms with Crippen LogP contribution in [0, 0.1) is 5.92 Å². The van der Waals surface area contributed by atoms with Gasteiger partial charge < -0.3 is 24.8 Å². The molecular weight excluding hydrogens is 442 g/mol. The average molecular weight is 480 g/mol. The first kappa shape index (κ1) is 26.3. The highest BCUT2D eigenvalue weighted by atomic mass is 16.5. The number of hydrogen-bond donors (Lipinski definition) is 2. The van der Waals surface area contributed by atoms with Crippen molar-refractivity contribution in [2.24, 2.45) is 5.92 Å². The van der Waals surface area contributed by atoms with E-state index in [1.807, 2.05) is 13.1 Å². The van der Waals surface area contributed by atoms with E-state index in [1.165, 1.54) is 23.4 Å². The molecule has 3 heterocycles. The molecule has 0 saturated carbocycles. The third-order valence-corrected chi connectivity index (χ3v) is 6.56. The number of carboxylic acids is 1. The summed E-state index contributed by atoms with van der Waals surface area (Å²) < 4.78 is 11.4. The quantitative estimate of drug-likeness (QED) is 0.423. The van der Waals surface area contributed by atoms with Gasteiger partial charge in [0, 0.05) is 37.9 Å². The number of carbonyl (C=O) groups is 1. The van der Waals surface area contributed by atoms with Crippen LogP contribution in [0.5, 0.6) is 0 Å². The molecule has 1 aromatic rings. The van der Waals surface area contributed by atoms with E-state index in [4.69, 9.17) is 9.47 Å². The zero-order valence-corrected chi connectivity index (χ0v) is 21.0. The number of allylic oxidation sites excluding steroid dienone is 3. The third-order valence-electron chi connectivity index (χ3n) is 6.56. The maximum absolute atomic E-state index is 11.5. The number of rotatable bonds is 11. The Bertz CT molecular complexity index is 1020. The number of hydrogen-bond acceptors (Lipinski definition) is 6. The second-order valence-electron chi connectivity index (χ2n) is 8.84. The molecule has 188 valence electrons. The Balaban J connectivity index is 1.63. The number of likely N-dealkylation sites (N-methyl/N-ethyl adjacent to an activating group) is 1. The van der Waals surface area contributed by atoms with Crippen molar-refractivity contribution >= 4 is 11.7 Å². The van der Waals surface area contributed by atoms with Gasteiger partial charge in [0.25, 0.3) is 0 Å². The van der Waals surface area contributed by atoms with Gasteiger partial charge in [0.15, 0.2) is 0 Å². The van der Waals surface area contributed by atoms with Gasteiger partial charge in [-0.2, -0.15) is 0 Å². The molecule has 35 heavy (non-hydrogen) atoms. The molecule has 0 radical (unpaired) electrons. The fourth-order valence-corrected chi connectivity index (χ4v) is 4.22. The molecule has 2 aliphatic rings. The van der Waals surface area contributed by atoms with E-state index in [0.29, 0.717) is 25.4 Å². The van der Waals surface area contributed by atoms with Gasteiger partial charge in [-0.1, -0.05) is 31.7 Å². The molecule has 0 aliphatic carbocycles. The number of pyridine rings is 1. The van der Waals surface area contributed by atoms with Crippen LogP contribution in [0.1, 0.15) is 43.5 Å². The van der Waals surface area contributed by atoms with Gasteiger partial charge in [0.05, 0.1) is 37.3 Å². The molecule has 7 nitrogen and oxygen atoms in total. The molecule has 0 spiro atoms. The van der Waals surface area contributed by atoms with Crippen molar-refractivity contribution in [3.8, 4) is 0 Å². The van der Waals surface area contributed by atoms with Crippen LogP contribution < -0.4 is 5.32 Å². The Hall–Kier alpha value is -3.32. The highest BCUT2D eigenvalue weighted by molar-refractivity contribution is 5.93. The number of aromatic nitrogens is 1. The second-order valence-corrected chi connectivity index (χ2v) is 8.84. The van der Waals surface area contributed by atoms with Gasteiger partial charge in [-0.3, -0.25) is 4.98 Å². The summed E-state index contributed by atoms with van der Waals surface area (Å²) in [5.41, 5.74) is 4.30. The molecule has 2 aliphatic heterocycles. The lowest BCUT2D eigenvalue weighted by Crippen LogP contribution is -2.25. The SMILES string of the molecule is C=C(/C=C\C(C)N(C)/C=C/C1=C(CC)[C@H](CNc2cnccc2C(=O)O)CCO1)C1=CCOCC1. The summed E-state index contributed by atoms with van der Waals surface area (Å²) in [5.74, 6) is 0.194. The summed E-state index contributed by atoms with van der Waals surface area (Å²) >= 11 is 0. The average Bonchev–Trinajstić information content (AvgIpc) is 2.89. The summed E-state index contributed by atoms with van der Waals surface area (Å²) in [7, 11) is 2.05. The monoisotopic (exact) mass is 479 g/mol. The Morgan fingerprint density at radius 1 is 1.43 bits per heavy atom. The lowest BCUT2D eigenvalue weighted by atomic mass is 9.90. The van der Waals surface area contributed by atoms with Crippen LogP contribution in [-0.4, -0.2) is 60.4 Å². The van der Waals surface area contributed by atoms with Crippen LogP contribution in [-0.2, 0) is 9.47 Å². The minimum atomic E-state index is -0.962. The first-order valence-electron chi connectivity index (χ1n) is 12.2. The smallest absolute Gasteiger partial charge is 0.337 e. The Kier molecular flexibility index (Phi) is 9.73. The first-order valence-corrected chi connectivity index (χ1v) is 12.2. The minimum absolute atomic E-state index is 0.190. The Morgan fingerprint density at radius 2 is 2.26 bits per heavy atom. The minimum Gasteiger partial charge on any atom is -0.494 e. The van der Waals surface area contributed by atoms with Gasteiger partial charge in [0.1, 0.15) is 5.76 Å². The van der Waals surface area contributed by atoms with Crippen LogP contribution in [0.25, 0.3) is 0 Å². The summed E-state index contributed by atoms with van der Waals surface area (Å²) in [6.07, 6.45) is 16.2. The summed E-state index contributed by atoms with van der Waals surface area (Å²) in [5, 5.41) is 12.7. The number of carboxylic acid groups (broad SMARTS) is 1. The van der Waals surface area contributed by atoms with E-state index >= 15 is 0 Å². The molecule has 1 aromatic heterocycles. The van der Waals surface area contributed by atoms with Crippen LogP contribution in [0.2, 0.25) is 0 Å². The largest absolute Gasteiger partial charge is 0.494 e. The summed E-state index contributed by atoms with van der Waals surface area (Å²) in [6.45, 7) is 11.1. The number of anilines is 1. The van der Waals surface area contributed by atoms with Gasteiger partial charge >= 0.3 is 5.97 Å². The van der Waals surface area contributed by atoms with E-state index < -0.39 is 5.97 Å². The maximum atomic E-state index is 11.5. The lowest BCUT2D eigenvalue weighted by Gasteiger charge is -2.28. The van der Waals surface area contributed by atoms with Crippen molar-refractivity contribution in [2.75, 3.05) is 38.7 Å². The van der Waals surface area contributed by atoms with Gasteiger partial charge in [0.2, 0.25) is 0 Å².